The van der Waals surface area contributed by atoms with Gasteiger partial charge in [0.2, 0.25) is 0 Å². The maximum Gasteiger partial charge on any atom is 0.0670 e. The second kappa shape index (κ2) is 7.57. The van der Waals surface area contributed by atoms with Crippen molar-refractivity contribution in [2.75, 3.05) is 30.8 Å². The van der Waals surface area contributed by atoms with Gasteiger partial charge in [-0.1, -0.05) is 0 Å². The molecule has 0 spiro atoms. The number of benzene rings is 1. The van der Waals surface area contributed by atoms with Crippen molar-refractivity contribution in [3.05, 3.63) is 23.8 Å². The van der Waals surface area contributed by atoms with E-state index in [1.165, 1.54) is 0 Å². The minimum atomic E-state index is 0.262. The molecule has 0 aliphatic rings. The van der Waals surface area contributed by atoms with Crippen LogP contribution in [0, 0.1) is 11.3 Å². The van der Waals surface area contributed by atoms with Crippen LogP contribution in [0.25, 0.3) is 0 Å². The summed E-state index contributed by atoms with van der Waals surface area (Å²) >= 11 is 0. The summed E-state index contributed by atoms with van der Waals surface area (Å²) in [5.41, 5.74) is 8.46. The monoisotopic (exact) mass is 247 g/mol. The van der Waals surface area contributed by atoms with E-state index in [9.17, 15) is 0 Å². The molecule has 0 amide bonds. The highest BCUT2D eigenvalue weighted by Crippen LogP contribution is 2.21. The van der Waals surface area contributed by atoms with E-state index in [-0.39, 0.29) is 6.61 Å². The number of nitriles is 1. The van der Waals surface area contributed by atoms with E-state index in [0.717, 1.165) is 37.1 Å². The summed E-state index contributed by atoms with van der Waals surface area (Å²) in [4.78, 5) is 2.15. The van der Waals surface area contributed by atoms with Gasteiger partial charge < -0.3 is 15.7 Å². The van der Waals surface area contributed by atoms with Crippen molar-refractivity contribution in [3.8, 4) is 6.07 Å². The number of aliphatic hydroxyl groups is 1. The number of hydrogen-bond acceptors (Lipinski definition) is 4. The van der Waals surface area contributed by atoms with Crippen LogP contribution in [0.4, 0.5) is 11.4 Å². The lowest BCUT2D eigenvalue weighted by Gasteiger charge is -2.20. The topological polar surface area (TPSA) is 73.3 Å². The molecular formula is C14H21N3O. The Morgan fingerprint density at radius 2 is 2.11 bits per heavy atom. The number of aliphatic hydroxyl groups excluding tert-OH is 1. The van der Waals surface area contributed by atoms with Gasteiger partial charge in [-0.25, -0.2) is 0 Å². The molecule has 1 aromatic rings. The first-order valence-corrected chi connectivity index (χ1v) is 6.26. The largest absolute Gasteiger partial charge is 0.398 e. The Balaban J connectivity index is 2.60. The van der Waals surface area contributed by atoms with Gasteiger partial charge in [0.1, 0.15) is 0 Å². The third-order valence-electron chi connectivity index (χ3n) is 2.99. The first-order valence-electron chi connectivity index (χ1n) is 6.26. The van der Waals surface area contributed by atoms with Gasteiger partial charge in [0, 0.05) is 31.6 Å². The standard InChI is InChI=1S/C14H21N3O/c1-17(9-3-2-4-10-18)13-5-6-14(16)12(11-13)7-8-15/h5-6,11,18H,2-4,7,9-10,16H2,1H3. The highest BCUT2D eigenvalue weighted by Gasteiger charge is 2.04. The Hall–Kier alpha value is -1.73. The van der Waals surface area contributed by atoms with Crippen molar-refractivity contribution in [3.63, 3.8) is 0 Å². The SMILES string of the molecule is CN(CCCCCO)c1ccc(N)c(CC#N)c1. The van der Waals surface area contributed by atoms with Crippen molar-refractivity contribution >= 4 is 11.4 Å². The molecule has 4 heteroatoms. The Kier molecular flexibility index (Phi) is 6.03. The molecule has 0 atom stereocenters. The van der Waals surface area contributed by atoms with Crippen LogP contribution in [-0.2, 0) is 6.42 Å². The van der Waals surface area contributed by atoms with E-state index >= 15 is 0 Å². The molecule has 0 unspecified atom stereocenters. The molecule has 0 aliphatic carbocycles. The van der Waals surface area contributed by atoms with Gasteiger partial charge in [-0.05, 0) is 43.0 Å². The van der Waals surface area contributed by atoms with Gasteiger partial charge in [-0.15, -0.1) is 0 Å². The maximum atomic E-state index is 8.73. The summed E-state index contributed by atoms with van der Waals surface area (Å²) in [6, 6.07) is 7.93. The summed E-state index contributed by atoms with van der Waals surface area (Å²) in [6.07, 6.45) is 3.28. The lowest BCUT2D eigenvalue weighted by atomic mass is 10.1. The van der Waals surface area contributed by atoms with Crippen LogP contribution >= 0.6 is 0 Å². The third kappa shape index (κ3) is 4.27. The van der Waals surface area contributed by atoms with Crippen LogP contribution in [0.1, 0.15) is 24.8 Å². The number of hydrogen-bond donors (Lipinski definition) is 2. The fourth-order valence-electron chi connectivity index (χ4n) is 1.83. The molecule has 98 valence electrons. The molecule has 0 saturated heterocycles. The van der Waals surface area contributed by atoms with Crippen molar-refractivity contribution in [2.45, 2.75) is 25.7 Å². The van der Waals surface area contributed by atoms with Gasteiger partial charge in [-0.2, -0.15) is 5.26 Å². The lowest BCUT2D eigenvalue weighted by molar-refractivity contribution is 0.283. The Morgan fingerprint density at radius 3 is 2.78 bits per heavy atom. The molecule has 0 aromatic heterocycles. The number of unbranched alkanes of at least 4 members (excludes halogenated alkanes) is 2. The van der Waals surface area contributed by atoms with Crippen molar-refractivity contribution in [1.82, 2.24) is 0 Å². The van der Waals surface area contributed by atoms with Crippen LogP contribution in [-0.4, -0.2) is 25.3 Å². The second-order valence-electron chi connectivity index (χ2n) is 4.42. The average Bonchev–Trinajstić information content (AvgIpc) is 2.37. The maximum absolute atomic E-state index is 8.73. The Morgan fingerprint density at radius 1 is 1.33 bits per heavy atom. The zero-order chi connectivity index (χ0) is 13.4. The van der Waals surface area contributed by atoms with Crippen molar-refractivity contribution in [1.29, 1.82) is 5.26 Å². The van der Waals surface area contributed by atoms with Gasteiger partial charge >= 0.3 is 0 Å². The summed E-state index contributed by atoms with van der Waals surface area (Å²) in [5.74, 6) is 0. The quantitative estimate of drug-likeness (QED) is 0.570. The number of anilines is 2. The molecule has 0 bridgehead atoms. The smallest absolute Gasteiger partial charge is 0.0670 e. The van der Waals surface area contributed by atoms with E-state index < -0.39 is 0 Å². The van der Waals surface area contributed by atoms with Gasteiger partial charge in [-0.3, -0.25) is 0 Å². The molecule has 1 aromatic carbocycles. The number of nitrogen functional groups attached to an aromatic ring is 1. The van der Waals surface area contributed by atoms with Crippen LogP contribution in [0.2, 0.25) is 0 Å². The molecule has 4 nitrogen and oxygen atoms in total. The van der Waals surface area contributed by atoms with Crippen LogP contribution < -0.4 is 10.6 Å². The zero-order valence-electron chi connectivity index (χ0n) is 10.9. The van der Waals surface area contributed by atoms with Crippen molar-refractivity contribution < 1.29 is 5.11 Å². The summed E-state index contributed by atoms with van der Waals surface area (Å²) in [6.45, 7) is 1.20. The van der Waals surface area contributed by atoms with Crippen LogP contribution in [0.5, 0.6) is 0 Å². The summed E-state index contributed by atoms with van der Waals surface area (Å²) in [7, 11) is 2.03. The molecule has 1 rings (SSSR count). The highest BCUT2D eigenvalue weighted by molar-refractivity contribution is 5.58. The molecule has 0 heterocycles. The number of nitrogens with two attached hydrogens (primary N) is 1. The second-order valence-corrected chi connectivity index (χ2v) is 4.42. The lowest BCUT2D eigenvalue weighted by Crippen LogP contribution is -2.18. The van der Waals surface area contributed by atoms with E-state index in [0.29, 0.717) is 12.1 Å². The van der Waals surface area contributed by atoms with Gasteiger partial charge in [0.25, 0.3) is 0 Å². The van der Waals surface area contributed by atoms with Gasteiger partial charge in [0.05, 0.1) is 12.5 Å². The average molecular weight is 247 g/mol. The molecule has 18 heavy (non-hydrogen) atoms. The van der Waals surface area contributed by atoms with Crippen LogP contribution in [0.15, 0.2) is 18.2 Å². The van der Waals surface area contributed by atoms with Crippen LogP contribution in [0.3, 0.4) is 0 Å². The molecular weight excluding hydrogens is 226 g/mol. The molecule has 0 radical (unpaired) electrons. The number of nitrogens with zero attached hydrogens (tertiary/aromatic N) is 2. The van der Waals surface area contributed by atoms with Gasteiger partial charge in [0.15, 0.2) is 0 Å². The van der Waals surface area contributed by atoms with E-state index in [4.69, 9.17) is 16.1 Å². The summed E-state index contributed by atoms with van der Waals surface area (Å²) in [5, 5.41) is 17.4. The van der Waals surface area contributed by atoms with E-state index in [1.54, 1.807) is 0 Å². The molecule has 0 fully saturated rings. The Labute approximate surface area is 109 Å². The molecule has 0 saturated carbocycles. The summed E-state index contributed by atoms with van der Waals surface area (Å²) < 4.78 is 0. The minimum absolute atomic E-state index is 0.262. The predicted octanol–water partition coefficient (Wildman–Crippen LogP) is 1.93. The predicted molar refractivity (Wildman–Crippen MR) is 74.4 cm³/mol. The fraction of sp³-hybridized carbons (Fsp3) is 0.500. The first-order chi connectivity index (χ1) is 8.69. The van der Waals surface area contributed by atoms with E-state index in [1.807, 2.05) is 25.2 Å². The molecule has 0 aliphatic heterocycles. The zero-order valence-corrected chi connectivity index (χ0v) is 10.9. The molecule has 3 N–H and O–H groups in total. The highest BCUT2D eigenvalue weighted by atomic mass is 16.2. The normalized spacial score (nSPS) is 10.1. The minimum Gasteiger partial charge on any atom is -0.398 e. The first kappa shape index (κ1) is 14.3. The Bertz CT molecular complexity index is 412. The fourth-order valence-corrected chi connectivity index (χ4v) is 1.83. The van der Waals surface area contributed by atoms with Crippen molar-refractivity contribution in [2.24, 2.45) is 0 Å². The van der Waals surface area contributed by atoms with E-state index in [2.05, 4.69) is 11.0 Å². The third-order valence-corrected chi connectivity index (χ3v) is 2.99. The number of rotatable bonds is 7.